The Bertz CT molecular complexity index is 1070. The lowest BCUT2D eigenvalue weighted by Gasteiger charge is -2.24. The first kappa shape index (κ1) is 19.1. The molecule has 0 saturated carbocycles. The van der Waals surface area contributed by atoms with Gasteiger partial charge < -0.3 is 9.47 Å². The minimum Gasteiger partial charge on any atom is -0.436 e. The molecule has 3 aromatic rings. The van der Waals surface area contributed by atoms with E-state index in [0.717, 1.165) is 29.8 Å². The molecule has 0 saturated heterocycles. The number of alkyl halides is 3. The fourth-order valence-electron chi connectivity index (χ4n) is 3.59. The summed E-state index contributed by atoms with van der Waals surface area (Å²) in [6, 6.07) is 16.2. The van der Waals surface area contributed by atoms with Gasteiger partial charge in [-0.2, -0.15) is 0 Å². The van der Waals surface area contributed by atoms with Gasteiger partial charge in [0.2, 0.25) is 5.88 Å². The average molecular weight is 401 g/mol. The highest BCUT2D eigenvalue weighted by Crippen LogP contribution is 2.36. The first-order chi connectivity index (χ1) is 13.9. The van der Waals surface area contributed by atoms with Gasteiger partial charge in [-0.3, -0.25) is 9.36 Å². The van der Waals surface area contributed by atoms with Crippen molar-refractivity contribution in [2.24, 2.45) is 0 Å². The number of para-hydroxylation sites is 3. The van der Waals surface area contributed by atoms with E-state index in [1.165, 1.54) is 24.3 Å². The van der Waals surface area contributed by atoms with E-state index in [2.05, 4.69) is 4.74 Å². The number of rotatable bonds is 4. The van der Waals surface area contributed by atoms with Gasteiger partial charge in [0.25, 0.3) is 0 Å². The molecule has 1 heterocycles. The summed E-state index contributed by atoms with van der Waals surface area (Å²) in [4.78, 5) is 12.7. The molecule has 2 aromatic carbocycles. The van der Waals surface area contributed by atoms with Gasteiger partial charge >= 0.3 is 6.36 Å². The first-order valence-electron chi connectivity index (χ1n) is 9.28. The maximum Gasteiger partial charge on any atom is 0.573 e. The zero-order valence-electron chi connectivity index (χ0n) is 15.4. The predicted molar refractivity (Wildman–Crippen MR) is 102 cm³/mol. The van der Waals surface area contributed by atoms with Crippen LogP contribution in [0.4, 0.5) is 13.2 Å². The Hall–Kier alpha value is -3.22. The van der Waals surface area contributed by atoms with Gasteiger partial charge in [0.05, 0.1) is 0 Å². The summed E-state index contributed by atoms with van der Waals surface area (Å²) in [7, 11) is 0. The summed E-state index contributed by atoms with van der Waals surface area (Å²) in [5.41, 5.74) is 2.16. The second kappa shape index (κ2) is 7.66. The quantitative estimate of drug-likeness (QED) is 0.587. The molecule has 0 amide bonds. The van der Waals surface area contributed by atoms with Crippen molar-refractivity contribution in [2.45, 2.75) is 32.0 Å². The lowest BCUT2D eigenvalue weighted by molar-refractivity contribution is -0.275. The van der Waals surface area contributed by atoms with Crippen LogP contribution in [0, 0.1) is 0 Å². The monoisotopic (exact) mass is 401 g/mol. The highest BCUT2D eigenvalue weighted by atomic mass is 19.4. The van der Waals surface area contributed by atoms with Crippen molar-refractivity contribution in [3.8, 4) is 23.1 Å². The fraction of sp³-hybridized carbons (Fsp3) is 0.227. The van der Waals surface area contributed by atoms with Gasteiger partial charge in [-0.1, -0.05) is 30.3 Å². The van der Waals surface area contributed by atoms with E-state index in [1.54, 1.807) is 10.6 Å². The number of hydrogen-bond acceptors (Lipinski definition) is 3. The molecule has 0 spiro atoms. The van der Waals surface area contributed by atoms with Crippen LogP contribution in [-0.4, -0.2) is 10.9 Å². The summed E-state index contributed by atoms with van der Waals surface area (Å²) >= 11 is 0. The number of benzene rings is 2. The molecular weight excluding hydrogens is 383 g/mol. The number of nitrogens with zero attached hydrogens (tertiary/aromatic N) is 1. The lowest BCUT2D eigenvalue weighted by atomic mass is 9.95. The Morgan fingerprint density at radius 1 is 0.862 bits per heavy atom. The third-order valence-electron chi connectivity index (χ3n) is 4.78. The van der Waals surface area contributed by atoms with Gasteiger partial charge in [-0.05, 0) is 49.9 Å². The number of fused-ring (bicyclic) bond motifs is 1. The van der Waals surface area contributed by atoms with E-state index < -0.39 is 12.1 Å². The number of hydrogen-bond donors (Lipinski definition) is 0. The number of pyridine rings is 1. The maximum atomic E-state index is 12.8. The van der Waals surface area contributed by atoms with Gasteiger partial charge in [0.1, 0.15) is 0 Å². The molecule has 0 radical (unpaired) electrons. The number of ether oxygens (including phenoxy) is 2. The van der Waals surface area contributed by atoms with Crippen LogP contribution < -0.4 is 14.9 Å². The van der Waals surface area contributed by atoms with Crippen LogP contribution in [0.1, 0.15) is 24.1 Å². The molecule has 1 aliphatic rings. The van der Waals surface area contributed by atoms with E-state index in [9.17, 15) is 18.0 Å². The van der Waals surface area contributed by atoms with Crippen molar-refractivity contribution >= 4 is 0 Å². The minimum atomic E-state index is -4.85. The molecule has 0 aliphatic heterocycles. The van der Waals surface area contributed by atoms with Crippen molar-refractivity contribution in [1.29, 1.82) is 0 Å². The fourth-order valence-corrected chi connectivity index (χ4v) is 3.59. The number of halogens is 3. The van der Waals surface area contributed by atoms with Crippen molar-refractivity contribution < 1.29 is 22.6 Å². The normalized spacial score (nSPS) is 13.6. The van der Waals surface area contributed by atoms with Crippen LogP contribution in [-0.2, 0) is 12.8 Å². The standard InChI is InChI=1S/C22H18F3NO3/c23-22(24,25)29-20-13-7-6-12-19(20)28-21-14-18(27)16-10-4-5-11-17(16)26(21)15-8-2-1-3-9-15/h1-3,6-9,12-14H,4-5,10-11H2. The predicted octanol–water partition coefficient (Wildman–Crippen LogP) is 5.41. The van der Waals surface area contributed by atoms with Crippen LogP contribution in [0.5, 0.6) is 17.4 Å². The topological polar surface area (TPSA) is 40.5 Å². The van der Waals surface area contributed by atoms with Crippen molar-refractivity contribution in [3.05, 3.63) is 82.1 Å². The smallest absolute Gasteiger partial charge is 0.436 e. The van der Waals surface area contributed by atoms with Crippen molar-refractivity contribution in [3.63, 3.8) is 0 Å². The van der Waals surface area contributed by atoms with E-state index in [1.807, 2.05) is 30.3 Å². The summed E-state index contributed by atoms with van der Waals surface area (Å²) in [6.45, 7) is 0. The lowest BCUT2D eigenvalue weighted by Crippen LogP contribution is -2.23. The molecule has 4 rings (SSSR count). The average Bonchev–Trinajstić information content (AvgIpc) is 2.69. The minimum absolute atomic E-state index is 0.121. The van der Waals surface area contributed by atoms with Crippen LogP contribution >= 0.6 is 0 Å². The summed E-state index contributed by atoms with van der Waals surface area (Å²) in [6.07, 6.45) is -1.63. The SMILES string of the molecule is O=c1cc(Oc2ccccc2OC(F)(F)F)n(-c2ccccc2)c2c1CCCC2. The van der Waals surface area contributed by atoms with Gasteiger partial charge in [-0.25, -0.2) is 0 Å². The largest absolute Gasteiger partial charge is 0.573 e. The Morgan fingerprint density at radius 3 is 2.24 bits per heavy atom. The van der Waals surface area contributed by atoms with Crippen molar-refractivity contribution in [2.75, 3.05) is 0 Å². The molecule has 0 unspecified atom stereocenters. The van der Waals surface area contributed by atoms with Crippen molar-refractivity contribution in [1.82, 2.24) is 4.57 Å². The Balaban J connectivity index is 1.85. The molecule has 0 bridgehead atoms. The summed E-state index contributed by atoms with van der Waals surface area (Å²) < 4.78 is 50.0. The maximum absolute atomic E-state index is 12.8. The molecule has 29 heavy (non-hydrogen) atoms. The number of aromatic nitrogens is 1. The molecule has 0 atom stereocenters. The van der Waals surface area contributed by atoms with E-state index >= 15 is 0 Å². The van der Waals surface area contributed by atoms with Crippen LogP contribution in [0.25, 0.3) is 5.69 Å². The molecule has 1 aliphatic carbocycles. The Labute approximate surface area is 165 Å². The van der Waals surface area contributed by atoms with Gasteiger partial charge in [0, 0.05) is 23.0 Å². The molecule has 7 heteroatoms. The highest BCUT2D eigenvalue weighted by molar-refractivity contribution is 5.47. The summed E-state index contributed by atoms with van der Waals surface area (Å²) in [5, 5.41) is 0. The first-order valence-corrected chi connectivity index (χ1v) is 9.28. The van der Waals surface area contributed by atoms with Crippen LogP contribution in [0.15, 0.2) is 65.5 Å². The molecular formula is C22H18F3NO3. The highest BCUT2D eigenvalue weighted by Gasteiger charge is 2.32. The second-order valence-electron chi connectivity index (χ2n) is 6.75. The molecule has 0 fully saturated rings. The third-order valence-corrected chi connectivity index (χ3v) is 4.78. The van der Waals surface area contributed by atoms with E-state index in [0.29, 0.717) is 12.8 Å². The molecule has 1 aromatic heterocycles. The van der Waals surface area contributed by atoms with Crippen LogP contribution in [0.3, 0.4) is 0 Å². The van der Waals surface area contributed by atoms with E-state index in [4.69, 9.17) is 4.74 Å². The van der Waals surface area contributed by atoms with Crippen LogP contribution in [0.2, 0.25) is 0 Å². The van der Waals surface area contributed by atoms with Gasteiger partial charge in [-0.15, -0.1) is 13.2 Å². The zero-order valence-corrected chi connectivity index (χ0v) is 15.4. The Kier molecular flexibility index (Phi) is 5.05. The molecule has 150 valence electrons. The molecule has 4 nitrogen and oxygen atoms in total. The van der Waals surface area contributed by atoms with Gasteiger partial charge in [0.15, 0.2) is 16.9 Å². The zero-order chi connectivity index (χ0) is 20.4. The second-order valence-corrected chi connectivity index (χ2v) is 6.75. The Morgan fingerprint density at radius 2 is 1.52 bits per heavy atom. The summed E-state index contributed by atoms with van der Waals surface area (Å²) in [5.74, 6) is -0.436. The van der Waals surface area contributed by atoms with E-state index in [-0.39, 0.29) is 17.1 Å². The molecule has 0 N–H and O–H groups in total. The third kappa shape index (κ3) is 4.13.